The molecule has 4 rings (SSSR count). The number of anilines is 1. The van der Waals surface area contributed by atoms with E-state index in [0.29, 0.717) is 26.2 Å². The summed E-state index contributed by atoms with van der Waals surface area (Å²) in [5, 5.41) is 9.08. The zero-order valence-electron chi connectivity index (χ0n) is 17.6. The standard InChI is InChI=1S/C24H24ClFN4O/c1-16-6-7-18(14-17(16)2)22-8-9-23(28-27-22)29-10-12-30(13-11-29)24(31)15-19-20(25)4-3-5-21(19)26/h3-9,14H,10-13,15H2,1-2H3. The molecule has 5 nitrogen and oxygen atoms in total. The number of aryl methyl sites for hydroxylation is 2. The number of benzene rings is 2. The lowest BCUT2D eigenvalue weighted by atomic mass is 10.0. The SMILES string of the molecule is Cc1ccc(-c2ccc(N3CCN(C(=O)Cc4c(F)cccc4Cl)CC3)nn2)cc1C. The van der Waals surface area contributed by atoms with E-state index in [4.69, 9.17) is 11.6 Å². The molecule has 1 aromatic heterocycles. The Balaban J connectivity index is 1.37. The third kappa shape index (κ3) is 4.69. The molecule has 0 N–H and O–H groups in total. The number of hydrogen-bond donors (Lipinski definition) is 0. The summed E-state index contributed by atoms with van der Waals surface area (Å²) < 4.78 is 14.0. The number of carbonyl (C=O) groups is 1. The summed E-state index contributed by atoms with van der Waals surface area (Å²) in [6.45, 7) is 6.56. The molecule has 0 bridgehead atoms. The van der Waals surface area contributed by atoms with Gasteiger partial charge < -0.3 is 9.80 Å². The first kappa shape index (κ1) is 21.2. The van der Waals surface area contributed by atoms with E-state index in [1.54, 1.807) is 11.0 Å². The zero-order chi connectivity index (χ0) is 22.0. The van der Waals surface area contributed by atoms with Crippen LogP contribution in [0.3, 0.4) is 0 Å². The molecule has 31 heavy (non-hydrogen) atoms. The Morgan fingerprint density at radius 1 is 1.00 bits per heavy atom. The van der Waals surface area contributed by atoms with Crippen LogP contribution in [0, 0.1) is 19.7 Å². The number of amides is 1. The second-order valence-corrected chi connectivity index (χ2v) is 8.23. The summed E-state index contributed by atoms with van der Waals surface area (Å²) >= 11 is 6.05. The van der Waals surface area contributed by atoms with Gasteiger partial charge in [0.25, 0.3) is 0 Å². The second kappa shape index (κ2) is 9.02. The van der Waals surface area contributed by atoms with Crippen molar-refractivity contribution in [1.29, 1.82) is 0 Å². The Morgan fingerprint density at radius 2 is 1.77 bits per heavy atom. The Kier molecular flexibility index (Phi) is 6.18. The van der Waals surface area contributed by atoms with Crippen LogP contribution in [0.15, 0.2) is 48.5 Å². The highest BCUT2D eigenvalue weighted by atomic mass is 35.5. The van der Waals surface area contributed by atoms with E-state index in [1.165, 1.54) is 23.3 Å². The summed E-state index contributed by atoms with van der Waals surface area (Å²) in [7, 11) is 0. The molecule has 3 aromatic rings. The van der Waals surface area contributed by atoms with Crippen LogP contribution in [0.1, 0.15) is 16.7 Å². The van der Waals surface area contributed by atoms with Gasteiger partial charge in [0, 0.05) is 42.3 Å². The first-order valence-corrected chi connectivity index (χ1v) is 10.7. The van der Waals surface area contributed by atoms with Gasteiger partial charge in [-0.05, 0) is 55.3 Å². The molecule has 1 amide bonds. The molecule has 160 valence electrons. The summed E-state index contributed by atoms with van der Waals surface area (Å²) in [6.07, 6.45) is -0.0318. The van der Waals surface area contributed by atoms with Crippen molar-refractivity contribution >= 4 is 23.3 Å². The number of carbonyl (C=O) groups excluding carboxylic acids is 1. The van der Waals surface area contributed by atoms with Crippen LogP contribution in [0.25, 0.3) is 11.3 Å². The lowest BCUT2D eigenvalue weighted by Crippen LogP contribution is -2.49. The molecule has 0 aliphatic carbocycles. The maximum Gasteiger partial charge on any atom is 0.227 e. The van der Waals surface area contributed by atoms with Crippen molar-refractivity contribution in [3.05, 3.63) is 76.1 Å². The monoisotopic (exact) mass is 438 g/mol. The van der Waals surface area contributed by atoms with E-state index in [2.05, 4.69) is 47.1 Å². The Hall–Kier alpha value is -2.99. The summed E-state index contributed by atoms with van der Waals surface area (Å²) in [6, 6.07) is 14.7. The van der Waals surface area contributed by atoms with Crippen molar-refractivity contribution < 1.29 is 9.18 Å². The number of piperazine rings is 1. The maximum atomic E-state index is 14.0. The minimum atomic E-state index is -0.446. The van der Waals surface area contributed by atoms with Crippen LogP contribution < -0.4 is 4.90 Å². The molecule has 0 atom stereocenters. The smallest absolute Gasteiger partial charge is 0.227 e. The van der Waals surface area contributed by atoms with Gasteiger partial charge in [0.15, 0.2) is 5.82 Å². The molecule has 0 spiro atoms. The predicted octanol–water partition coefficient (Wildman–Crippen LogP) is 4.44. The van der Waals surface area contributed by atoms with Gasteiger partial charge in [-0.25, -0.2) is 4.39 Å². The molecule has 1 aliphatic heterocycles. The molecule has 0 saturated carbocycles. The fraction of sp³-hybridized carbons (Fsp3) is 0.292. The third-order valence-electron chi connectivity index (χ3n) is 5.80. The first-order valence-electron chi connectivity index (χ1n) is 10.3. The number of halogens is 2. The number of hydrogen-bond acceptors (Lipinski definition) is 4. The van der Waals surface area contributed by atoms with Gasteiger partial charge in [-0.1, -0.05) is 29.8 Å². The van der Waals surface area contributed by atoms with Crippen LogP contribution >= 0.6 is 11.6 Å². The van der Waals surface area contributed by atoms with E-state index in [-0.39, 0.29) is 22.9 Å². The largest absolute Gasteiger partial charge is 0.352 e. The first-order chi connectivity index (χ1) is 14.9. The molecule has 7 heteroatoms. The highest BCUT2D eigenvalue weighted by Gasteiger charge is 2.23. The van der Waals surface area contributed by atoms with Crippen LogP contribution in [0.4, 0.5) is 10.2 Å². The summed E-state index contributed by atoms with van der Waals surface area (Å²) in [5.41, 5.74) is 4.61. The van der Waals surface area contributed by atoms with E-state index in [9.17, 15) is 9.18 Å². The van der Waals surface area contributed by atoms with E-state index >= 15 is 0 Å². The molecule has 2 aromatic carbocycles. The number of nitrogens with zero attached hydrogens (tertiary/aromatic N) is 4. The minimum absolute atomic E-state index is 0.0318. The van der Waals surface area contributed by atoms with Gasteiger partial charge in [0.05, 0.1) is 12.1 Å². The average Bonchev–Trinajstić information content (AvgIpc) is 2.78. The topological polar surface area (TPSA) is 49.3 Å². The highest BCUT2D eigenvalue weighted by Crippen LogP contribution is 2.23. The van der Waals surface area contributed by atoms with Gasteiger partial charge in [0.2, 0.25) is 5.91 Å². The third-order valence-corrected chi connectivity index (χ3v) is 6.15. The Morgan fingerprint density at radius 3 is 2.42 bits per heavy atom. The highest BCUT2D eigenvalue weighted by molar-refractivity contribution is 6.31. The van der Waals surface area contributed by atoms with Gasteiger partial charge in [-0.15, -0.1) is 10.2 Å². The van der Waals surface area contributed by atoms with Crippen molar-refractivity contribution in [2.75, 3.05) is 31.1 Å². The van der Waals surface area contributed by atoms with E-state index < -0.39 is 5.82 Å². The zero-order valence-corrected chi connectivity index (χ0v) is 18.4. The van der Waals surface area contributed by atoms with Gasteiger partial charge >= 0.3 is 0 Å². The lowest BCUT2D eigenvalue weighted by Gasteiger charge is -2.35. The van der Waals surface area contributed by atoms with Gasteiger partial charge in [-0.3, -0.25) is 4.79 Å². The fourth-order valence-corrected chi connectivity index (χ4v) is 3.93. The van der Waals surface area contributed by atoms with E-state index in [0.717, 1.165) is 17.1 Å². The normalized spacial score (nSPS) is 14.1. The molecule has 1 saturated heterocycles. The van der Waals surface area contributed by atoms with Crippen LogP contribution in [0.5, 0.6) is 0 Å². The summed E-state index contributed by atoms with van der Waals surface area (Å²) in [5.74, 6) is 0.221. The quantitative estimate of drug-likeness (QED) is 0.604. The molecular formula is C24H24ClFN4O. The van der Waals surface area contributed by atoms with Crippen molar-refractivity contribution in [3.63, 3.8) is 0 Å². The van der Waals surface area contributed by atoms with Crippen LogP contribution in [-0.4, -0.2) is 47.2 Å². The Bertz CT molecular complexity index is 1070. The Labute approximate surface area is 186 Å². The molecule has 2 heterocycles. The second-order valence-electron chi connectivity index (χ2n) is 7.82. The fourth-order valence-electron chi connectivity index (χ4n) is 3.70. The number of aromatic nitrogens is 2. The molecule has 0 unspecified atom stereocenters. The van der Waals surface area contributed by atoms with Crippen molar-refractivity contribution in [2.45, 2.75) is 20.3 Å². The maximum absolute atomic E-state index is 14.0. The predicted molar refractivity (Wildman–Crippen MR) is 121 cm³/mol. The lowest BCUT2D eigenvalue weighted by molar-refractivity contribution is -0.130. The van der Waals surface area contributed by atoms with Crippen molar-refractivity contribution in [2.24, 2.45) is 0 Å². The van der Waals surface area contributed by atoms with Crippen LogP contribution in [0.2, 0.25) is 5.02 Å². The minimum Gasteiger partial charge on any atom is -0.352 e. The van der Waals surface area contributed by atoms with Crippen molar-refractivity contribution in [3.8, 4) is 11.3 Å². The molecular weight excluding hydrogens is 415 g/mol. The number of rotatable bonds is 4. The summed E-state index contributed by atoms with van der Waals surface area (Å²) in [4.78, 5) is 16.5. The van der Waals surface area contributed by atoms with Crippen molar-refractivity contribution in [1.82, 2.24) is 15.1 Å². The van der Waals surface area contributed by atoms with Gasteiger partial charge in [0.1, 0.15) is 5.82 Å². The molecule has 1 fully saturated rings. The molecule has 0 radical (unpaired) electrons. The van der Waals surface area contributed by atoms with Crippen LogP contribution in [-0.2, 0) is 11.2 Å². The molecule has 1 aliphatic rings. The van der Waals surface area contributed by atoms with Gasteiger partial charge in [-0.2, -0.15) is 0 Å². The average molecular weight is 439 g/mol. The van der Waals surface area contributed by atoms with E-state index in [1.807, 2.05) is 12.1 Å².